The van der Waals surface area contributed by atoms with Crippen LogP contribution in [-0.2, 0) is 10.0 Å². The van der Waals surface area contributed by atoms with Crippen LogP contribution < -0.4 is 5.73 Å². The van der Waals surface area contributed by atoms with Crippen molar-refractivity contribution >= 4 is 32.6 Å². The van der Waals surface area contributed by atoms with Crippen LogP contribution in [0.3, 0.4) is 0 Å². The Morgan fingerprint density at radius 1 is 1.37 bits per heavy atom. The molecule has 0 spiro atoms. The molecular formula is C13H19IN2O2S. The summed E-state index contributed by atoms with van der Waals surface area (Å²) in [6.45, 7) is 3.13. The van der Waals surface area contributed by atoms with E-state index in [1.165, 1.54) is 0 Å². The van der Waals surface area contributed by atoms with E-state index in [1.54, 1.807) is 22.5 Å². The topological polar surface area (TPSA) is 63.4 Å². The Morgan fingerprint density at radius 2 is 2.00 bits per heavy atom. The average molecular weight is 394 g/mol. The van der Waals surface area contributed by atoms with Gasteiger partial charge in [0.2, 0.25) is 10.0 Å². The predicted octanol–water partition coefficient (Wildman–Crippen LogP) is 2.04. The third-order valence-corrected chi connectivity index (χ3v) is 6.24. The second-order valence-corrected chi connectivity index (χ2v) is 8.24. The number of halogens is 1. The summed E-state index contributed by atoms with van der Waals surface area (Å²) in [5.74, 6) is 0.433. The van der Waals surface area contributed by atoms with Gasteiger partial charge in [0.05, 0.1) is 4.90 Å². The van der Waals surface area contributed by atoms with Crippen molar-refractivity contribution in [1.82, 2.24) is 4.31 Å². The zero-order valence-electron chi connectivity index (χ0n) is 10.9. The number of nitrogens with two attached hydrogens (primary N) is 1. The lowest BCUT2D eigenvalue weighted by atomic mass is 9.92. The normalized spacial score (nSPS) is 20.4. The van der Waals surface area contributed by atoms with E-state index in [0.717, 1.165) is 16.4 Å². The Hall–Kier alpha value is -0.180. The first-order valence-corrected chi connectivity index (χ1v) is 8.94. The molecule has 6 heteroatoms. The maximum Gasteiger partial charge on any atom is 0.243 e. The van der Waals surface area contributed by atoms with Crippen molar-refractivity contribution in [2.75, 3.05) is 13.1 Å². The van der Waals surface area contributed by atoms with Crippen LogP contribution in [0.1, 0.15) is 19.8 Å². The molecule has 1 unspecified atom stereocenters. The summed E-state index contributed by atoms with van der Waals surface area (Å²) in [6.07, 6.45) is 1.70. The molecule has 2 N–H and O–H groups in total. The van der Waals surface area contributed by atoms with Gasteiger partial charge in [-0.2, -0.15) is 4.31 Å². The second-order valence-electron chi connectivity index (χ2n) is 5.06. The van der Waals surface area contributed by atoms with Crippen molar-refractivity contribution < 1.29 is 8.42 Å². The molecule has 4 nitrogen and oxygen atoms in total. The Labute approximate surface area is 128 Å². The lowest BCUT2D eigenvalue weighted by Gasteiger charge is -2.32. The van der Waals surface area contributed by atoms with E-state index >= 15 is 0 Å². The fraction of sp³-hybridized carbons (Fsp3) is 0.538. The third kappa shape index (κ3) is 3.48. The fourth-order valence-corrected chi connectivity index (χ4v) is 4.69. The summed E-state index contributed by atoms with van der Waals surface area (Å²) in [6, 6.07) is 7.19. The zero-order chi connectivity index (χ0) is 14.0. The minimum atomic E-state index is -3.35. The highest BCUT2D eigenvalue weighted by molar-refractivity contribution is 14.1. The monoisotopic (exact) mass is 394 g/mol. The van der Waals surface area contributed by atoms with Crippen LogP contribution in [0.5, 0.6) is 0 Å². The highest BCUT2D eigenvalue weighted by atomic mass is 127. The van der Waals surface area contributed by atoms with Crippen LogP contribution in [-0.4, -0.2) is 31.9 Å². The number of sulfonamides is 1. The summed E-state index contributed by atoms with van der Waals surface area (Å²) in [7, 11) is -3.35. The van der Waals surface area contributed by atoms with Gasteiger partial charge in [0, 0.05) is 22.7 Å². The molecule has 1 aliphatic heterocycles. The van der Waals surface area contributed by atoms with Gasteiger partial charge in [-0.05, 0) is 66.5 Å². The van der Waals surface area contributed by atoms with Gasteiger partial charge in [0.25, 0.3) is 0 Å². The summed E-state index contributed by atoms with van der Waals surface area (Å²) >= 11 is 2.13. The molecule has 19 heavy (non-hydrogen) atoms. The molecule has 1 saturated heterocycles. The molecule has 1 aromatic carbocycles. The minimum absolute atomic E-state index is 0.141. The number of hydrogen-bond acceptors (Lipinski definition) is 3. The van der Waals surface area contributed by atoms with E-state index in [-0.39, 0.29) is 6.04 Å². The lowest BCUT2D eigenvalue weighted by Crippen LogP contribution is -2.42. The molecule has 0 amide bonds. The van der Waals surface area contributed by atoms with Crippen molar-refractivity contribution in [3.63, 3.8) is 0 Å². The van der Waals surface area contributed by atoms with Crippen LogP contribution in [0.2, 0.25) is 0 Å². The van der Waals surface area contributed by atoms with Crippen LogP contribution in [0.4, 0.5) is 0 Å². The molecule has 1 fully saturated rings. The number of piperidine rings is 1. The van der Waals surface area contributed by atoms with E-state index in [4.69, 9.17) is 5.73 Å². The molecule has 1 aliphatic rings. The molecule has 2 rings (SSSR count). The largest absolute Gasteiger partial charge is 0.328 e. The molecule has 0 saturated carbocycles. The van der Waals surface area contributed by atoms with Crippen molar-refractivity contribution in [2.45, 2.75) is 30.7 Å². The van der Waals surface area contributed by atoms with E-state index in [0.29, 0.717) is 23.9 Å². The first-order valence-electron chi connectivity index (χ1n) is 6.42. The lowest BCUT2D eigenvalue weighted by molar-refractivity contribution is 0.250. The summed E-state index contributed by atoms with van der Waals surface area (Å²) in [5, 5.41) is 0. The van der Waals surface area contributed by atoms with Crippen molar-refractivity contribution in [3.05, 3.63) is 27.8 Å². The molecule has 0 aromatic heterocycles. The average Bonchev–Trinajstić information content (AvgIpc) is 2.39. The molecule has 106 valence electrons. The van der Waals surface area contributed by atoms with Gasteiger partial charge in [-0.15, -0.1) is 0 Å². The molecule has 0 bridgehead atoms. The van der Waals surface area contributed by atoms with Gasteiger partial charge >= 0.3 is 0 Å². The Kier molecular flexibility index (Phi) is 4.86. The predicted molar refractivity (Wildman–Crippen MR) is 84.3 cm³/mol. The summed E-state index contributed by atoms with van der Waals surface area (Å²) in [4.78, 5) is 0.388. The maximum absolute atomic E-state index is 12.5. The molecule has 1 aromatic rings. The van der Waals surface area contributed by atoms with Crippen molar-refractivity contribution in [2.24, 2.45) is 11.7 Å². The highest BCUT2D eigenvalue weighted by Gasteiger charge is 2.30. The number of nitrogens with zero attached hydrogens (tertiary/aromatic N) is 1. The van der Waals surface area contributed by atoms with E-state index < -0.39 is 10.0 Å². The van der Waals surface area contributed by atoms with Gasteiger partial charge in [0.1, 0.15) is 0 Å². The highest BCUT2D eigenvalue weighted by Crippen LogP contribution is 2.25. The van der Waals surface area contributed by atoms with Gasteiger partial charge in [-0.25, -0.2) is 8.42 Å². The fourth-order valence-electron chi connectivity index (χ4n) is 2.42. The standard InChI is InChI=1S/C13H19IN2O2S/c1-10(15)11-5-7-16(8-6-11)19(17,18)13-4-2-3-12(14)9-13/h2-4,9-11H,5-8,15H2,1H3. The van der Waals surface area contributed by atoms with E-state index in [9.17, 15) is 8.42 Å². The Balaban J connectivity index is 2.14. The van der Waals surface area contributed by atoms with Gasteiger partial charge < -0.3 is 5.73 Å². The van der Waals surface area contributed by atoms with Crippen LogP contribution in [0, 0.1) is 9.49 Å². The van der Waals surface area contributed by atoms with Gasteiger partial charge in [-0.1, -0.05) is 6.07 Å². The SMILES string of the molecule is CC(N)C1CCN(S(=O)(=O)c2cccc(I)c2)CC1. The van der Waals surface area contributed by atoms with E-state index in [2.05, 4.69) is 22.6 Å². The molecular weight excluding hydrogens is 375 g/mol. The smallest absolute Gasteiger partial charge is 0.243 e. The molecule has 1 heterocycles. The van der Waals surface area contributed by atoms with Crippen molar-refractivity contribution in [1.29, 1.82) is 0 Å². The summed E-state index contributed by atoms with van der Waals surface area (Å²) in [5.41, 5.74) is 5.88. The number of rotatable bonds is 3. The first kappa shape index (κ1) is 15.2. The minimum Gasteiger partial charge on any atom is -0.328 e. The number of benzene rings is 1. The second kappa shape index (κ2) is 6.07. The van der Waals surface area contributed by atoms with E-state index in [1.807, 2.05) is 13.0 Å². The van der Waals surface area contributed by atoms with Crippen molar-refractivity contribution in [3.8, 4) is 0 Å². The van der Waals surface area contributed by atoms with Gasteiger partial charge in [0.15, 0.2) is 0 Å². The van der Waals surface area contributed by atoms with Crippen LogP contribution >= 0.6 is 22.6 Å². The molecule has 1 atom stereocenters. The Morgan fingerprint density at radius 3 is 2.53 bits per heavy atom. The Bertz CT molecular complexity index is 537. The summed E-state index contributed by atoms with van der Waals surface area (Å²) < 4.78 is 27.5. The maximum atomic E-state index is 12.5. The van der Waals surface area contributed by atoms with Crippen LogP contribution in [0.25, 0.3) is 0 Å². The third-order valence-electron chi connectivity index (χ3n) is 3.68. The molecule has 0 radical (unpaired) electrons. The zero-order valence-corrected chi connectivity index (χ0v) is 13.9. The quantitative estimate of drug-likeness (QED) is 0.799. The number of hydrogen-bond donors (Lipinski definition) is 1. The van der Waals surface area contributed by atoms with Crippen LogP contribution in [0.15, 0.2) is 29.2 Å². The van der Waals surface area contributed by atoms with Gasteiger partial charge in [-0.3, -0.25) is 0 Å². The molecule has 0 aliphatic carbocycles. The first-order chi connectivity index (χ1) is 8.91.